The van der Waals surface area contributed by atoms with E-state index in [1.807, 2.05) is 81.4 Å². The smallest absolute Gasteiger partial charge is 0.264 e. The topological polar surface area (TPSA) is 66.5 Å². The first-order valence-electron chi connectivity index (χ1n) is 11.5. The molecule has 0 radical (unpaired) electrons. The van der Waals surface area contributed by atoms with Crippen molar-refractivity contribution in [1.82, 2.24) is 0 Å². The Morgan fingerprint density at radius 2 is 1.47 bits per heavy atom. The Hall–Kier alpha value is -3.55. The molecule has 0 atom stereocenters. The molecule has 4 aromatic carbocycles. The number of amides is 1. The highest BCUT2D eigenvalue weighted by atomic mass is 32.2. The van der Waals surface area contributed by atoms with Crippen LogP contribution >= 0.6 is 11.8 Å². The van der Waals surface area contributed by atoms with Crippen LogP contribution in [0.3, 0.4) is 0 Å². The van der Waals surface area contributed by atoms with E-state index in [4.69, 9.17) is 0 Å². The third-order valence-corrected chi connectivity index (χ3v) is 8.68. The van der Waals surface area contributed by atoms with Gasteiger partial charge < -0.3 is 5.32 Å². The fourth-order valence-electron chi connectivity index (χ4n) is 3.63. The number of benzene rings is 4. The van der Waals surface area contributed by atoms with Crippen LogP contribution < -0.4 is 9.62 Å². The average molecular weight is 517 g/mol. The first-order valence-corrected chi connectivity index (χ1v) is 13.8. The van der Waals surface area contributed by atoms with Gasteiger partial charge >= 0.3 is 0 Å². The van der Waals surface area contributed by atoms with Gasteiger partial charge in [-0.1, -0.05) is 65.9 Å². The van der Waals surface area contributed by atoms with Gasteiger partial charge in [-0.15, -0.1) is 0 Å². The molecule has 0 aliphatic carbocycles. The molecule has 1 N–H and O–H groups in total. The Kier molecular flexibility index (Phi) is 7.82. The molecule has 5 nitrogen and oxygen atoms in total. The highest BCUT2D eigenvalue weighted by Crippen LogP contribution is 2.33. The summed E-state index contributed by atoms with van der Waals surface area (Å²) < 4.78 is 28.5. The maximum Gasteiger partial charge on any atom is 0.264 e. The third-order valence-electron chi connectivity index (χ3n) is 5.81. The molecule has 0 bridgehead atoms. The van der Waals surface area contributed by atoms with E-state index >= 15 is 0 Å². The number of anilines is 2. The summed E-state index contributed by atoms with van der Waals surface area (Å²) in [6, 6.07) is 29.4. The van der Waals surface area contributed by atoms with Crippen LogP contribution in [0.5, 0.6) is 0 Å². The van der Waals surface area contributed by atoms with E-state index in [9.17, 15) is 13.2 Å². The molecule has 184 valence electrons. The van der Waals surface area contributed by atoms with E-state index in [-0.39, 0.29) is 11.4 Å². The van der Waals surface area contributed by atoms with Crippen molar-refractivity contribution in [2.24, 2.45) is 0 Å². The van der Waals surface area contributed by atoms with E-state index in [0.717, 1.165) is 26.5 Å². The van der Waals surface area contributed by atoms with Gasteiger partial charge in [0.25, 0.3) is 10.0 Å². The summed E-state index contributed by atoms with van der Waals surface area (Å²) in [5.74, 6) is -0.426. The van der Waals surface area contributed by atoms with Crippen molar-refractivity contribution in [3.8, 4) is 0 Å². The number of carbonyl (C=O) groups is 1. The zero-order valence-corrected chi connectivity index (χ0v) is 22.1. The van der Waals surface area contributed by atoms with E-state index in [0.29, 0.717) is 11.4 Å². The van der Waals surface area contributed by atoms with Gasteiger partial charge in [0, 0.05) is 9.79 Å². The number of aryl methyl sites for hydroxylation is 3. The Morgan fingerprint density at radius 3 is 2.17 bits per heavy atom. The van der Waals surface area contributed by atoms with Gasteiger partial charge in [0.15, 0.2) is 0 Å². The molecule has 0 saturated heterocycles. The predicted molar refractivity (Wildman–Crippen MR) is 147 cm³/mol. The van der Waals surface area contributed by atoms with Crippen LogP contribution in [0.4, 0.5) is 11.4 Å². The lowest BCUT2D eigenvalue weighted by atomic mass is 10.1. The first kappa shape index (κ1) is 25.5. The van der Waals surface area contributed by atoms with Crippen LogP contribution in [-0.4, -0.2) is 20.9 Å². The Labute approximate surface area is 217 Å². The van der Waals surface area contributed by atoms with Gasteiger partial charge in [-0.2, -0.15) is 0 Å². The second-order valence-electron chi connectivity index (χ2n) is 8.55. The minimum absolute atomic E-state index is 0.138. The predicted octanol–water partition coefficient (Wildman–Crippen LogP) is 6.60. The molecule has 0 fully saturated rings. The monoisotopic (exact) mass is 516 g/mol. The number of carbonyl (C=O) groups excluding carboxylic acids is 1. The van der Waals surface area contributed by atoms with E-state index in [1.165, 1.54) is 16.1 Å². The number of para-hydroxylation sites is 1. The summed E-state index contributed by atoms with van der Waals surface area (Å²) in [6.07, 6.45) is 0. The van der Waals surface area contributed by atoms with Gasteiger partial charge in [0.1, 0.15) is 6.54 Å². The van der Waals surface area contributed by atoms with Crippen molar-refractivity contribution in [2.45, 2.75) is 35.5 Å². The highest BCUT2D eigenvalue weighted by Gasteiger charge is 2.27. The standard InChI is InChI=1S/C29H28N2O3S2/c1-21-13-17-26(18-14-21)36(33,34)31(24-16-15-22(2)23(3)19-24)20-29(32)30-27-11-7-8-12-28(27)35-25-9-5-4-6-10-25/h4-19H,20H2,1-3H3,(H,30,32). The third kappa shape index (κ3) is 5.98. The van der Waals surface area contributed by atoms with Crippen molar-refractivity contribution >= 4 is 39.1 Å². The molecule has 0 unspecified atom stereocenters. The molecule has 1 amide bonds. The van der Waals surface area contributed by atoms with Gasteiger partial charge in [-0.05, 0) is 80.4 Å². The normalized spacial score (nSPS) is 11.2. The van der Waals surface area contributed by atoms with Crippen molar-refractivity contribution in [3.63, 3.8) is 0 Å². The molecule has 0 heterocycles. The molecule has 0 aliphatic heterocycles. The van der Waals surface area contributed by atoms with Gasteiger partial charge in [0.2, 0.25) is 5.91 Å². The lowest BCUT2D eigenvalue weighted by molar-refractivity contribution is -0.114. The summed E-state index contributed by atoms with van der Waals surface area (Å²) in [7, 11) is -3.98. The zero-order chi connectivity index (χ0) is 25.7. The summed E-state index contributed by atoms with van der Waals surface area (Å²) in [4.78, 5) is 15.3. The molecule has 4 rings (SSSR count). The molecule has 0 saturated carbocycles. The van der Waals surface area contributed by atoms with Gasteiger partial charge in [-0.25, -0.2) is 8.42 Å². The number of nitrogens with one attached hydrogen (secondary N) is 1. The summed E-state index contributed by atoms with van der Waals surface area (Å²) >= 11 is 1.53. The van der Waals surface area contributed by atoms with Crippen molar-refractivity contribution in [1.29, 1.82) is 0 Å². The minimum Gasteiger partial charge on any atom is -0.323 e. The number of nitrogens with zero attached hydrogens (tertiary/aromatic N) is 1. The second-order valence-corrected chi connectivity index (χ2v) is 11.5. The van der Waals surface area contributed by atoms with Crippen LogP contribution in [0.25, 0.3) is 0 Å². The Bertz CT molecular complexity index is 1470. The summed E-state index contributed by atoms with van der Waals surface area (Å²) in [5.41, 5.74) is 4.02. The molecule has 0 spiro atoms. The van der Waals surface area contributed by atoms with Crippen LogP contribution in [0.15, 0.2) is 112 Å². The summed E-state index contributed by atoms with van der Waals surface area (Å²) in [5, 5.41) is 2.92. The molecular formula is C29H28N2O3S2. The van der Waals surface area contributed by atoms with E-state index < -0.39 is 15.9 Å². The van der Waals surface area contributed by atoms with E-state index in [2.05, 4.69) is 5.32 Å². The lowest BCUT2D eigenvalue weighted by Crippen LogP contribution is -2.38. The molecule has 36 heavy (non-hydrogen) atoms. The van der Waals surface area contributed by atoms with Crippen LogP contribution in [0.1, 0.15) is 16.7 Å². The number of sulfonamides is 1. The SMILES string of the molecule is Cc1ccc(S(=O)(=O)N(CC(=O)Nc2ccccc2Sc2ccccc2)c2ccc(C)c(C)c2)cc1. The van der Waals surface area contributed by atoms with Crippen molar-refractivity contribution in [3.05, 3.63) is 114 Å². The largest absolute Gasteiger partial charge is 0.323 e. The maximum atomic E-state index is 13.7. The maximum absolute atomic E-state index is 13.7. The average Bonchev–Trinajstić information content (AvgIpc) is 2.86. The van der Waals surface area contributed by atoms with Crippen LogP contribution in [0.2, 0.25) is 0 Å². The number of hydrogen-bond donors (Lipinski definition) is 1. The Balaban J connectivity index is 1.64. The Morgan fingerprint density at radius 1 is 0.806 bits per heavy atom. The van der Waals surface area contributed by atoms with Crippen molar-refractivity contribution in [2.75, 3.05) is 16.2 Å². The van der Waals surface area contributed by atoms with Gasteiger partial charge in [0.05, 0.1) is 16.3 Å². The molecule has 0 aromatic heterocycles. The first-order chi connectivity index (χ1) is 17.2. The fourth-order valence-corrected chi connectivity index (χ4v) is 5.96. The van der Waals surface area contributed by atoms with E-state index in [1.54, 1.807) is 36.4 Å². The highest BCUT2D eigenvalue weighted by molar-refractivity contribution is 7.99. The molecule has 0 aliphatic rings. The zero-order valence-electron chi connectivity index (χ0n) is 20.4. The second kappa shape index (κ2) is 11.0. The van der Waals surface area contributed by atoms with Crippen molar-refractivity contribution < 1.29 is 13.2 Å². The van der Waals surface area contributed by atoms with Crippen LogP contribution in [0, 0.1) is 20.8 Å². The molecule has 4 aromatic rings. The minimum atomic E-state index is -3.98. The molecular weight excluding hydrogens is 488 g/mol. The fraction of sp³-hybridized carbons (Fsp3) is 0.138. The summed E-state index contributed by atoms with van der Waals surface area (Å²) in [6.45, 7) is 5.43. The molecule has 7 heteroatoms. The number of hydrogen-bond acceptors (Lipinski definition) is 4. The van der Waals surface area contributed by atoms with Crippen LogP contribution in [-0.2, 0) is 14.8 Å². The van der Waals surface area contributed by atoms with Gasteiger partial charge in [-0.3, -0.25) is 9.10 Å². The number of rotatable bonds is 8. The lowest BCUT2D eigenvalue weighted by Gasteiger charge is -2.25. The quantitative estimate of drug-likeness (QED) is 0.287.